The van der Waals surface area contributed by atoms with E-state index < -0.39 is 6.10 Å². The van der Waals surface area contributed by atoms with Crippen molar-refractivity contribution in [2.75, 3.05) is 33.0 Å². The third kappa shape index (κ3) is 4.93. The van der Waals surface area contributed by atoms with Crippen molar-refractivity contribution in [1.82, 2.24) is 5.32 Å². The Bertz CT molecular complexity index is 169. The van der Waals surface area contributed by atoms with Crippen LogP contribution >= 0.6 is 0 Å². The third-order valence-corrected chi connectivity index (χ3v) is 2.88. The summed E-state index contributed by atoms with van der Waals surface area (Å²) in [5, 5.41) is 13.0. The minimum absolute atomic E-state index is 0.117. The van der Waals surface area contributed by atoms with Crippen molar-refractivity contribution in [2.24, 2.45) is 0 Å². The van der Waals surface area contributed by atoms with Crippen molar-refractivity contribution in [3.05, 3.63) is 0 Å². The van der Waals surface area contributed by atoms with Crippen LogP contribution < -0.4 is 5.32 Å². The lowest BCUT2D eigenvalue weighted by atomic mass is 9.92. The SMILES string of the molecule is CCOCC(O)CNC1(C)CCOCC1. The molecule has 0 amide bonds. The summed E-state index contributed by atoms with van der Waals surface area (Å²) in [5.41, 5.74) is 0.117. The smallest absolute Gasteiger partial charge is 0.0897 e. The predicted octanol–water partition coefficient (Wildman–Crippen LogP) is 0.542. The Labute approximate surface area is 92.0 Å². The molecule has 1 heterocycles. The molecule has 0 spiro atoms. The van der Waals surface area contributed by atoms with Gasteiger partial charge in [-0.25, -0.2) is 0 Å². The van der Waals surface area contributed by atoms with Gasteiger partial charge in [-0.3, -0.25) is 0 Å². The van der Waals surface area contributed by atoms with Gasteiger partial charge in [-0.2, -0.15) is 0 Å². The largest absolute Gasteiger partial charge is 0.389 e. The highest BCUT2D eigenvalue weighted by atomic mass is 16.5. The number of nitrogens with one attached hydrogen (secondary N) is 1. The Kier molecular flexibility index (Phi) is 5.53. The molecule has 1 rings (SSSR count). The predicted molar refractivity (Wildman–Crippen MR) is 59.0 cm³/mol. The highest BCUT2D eigenvalue weighted by Crippen LogP contribution is 2.19. The molecule has 0 aromatic heterocycles. The average molecular weight is 217 g/mol. The molecule has 0 saturated carbocycles. The first-order valence-corrected chi connectivity index (χ1v) is 5.75. The monoisotopic (exact) mass is 217 g/mol. The minimum atomic E-state index is -0.412. The molecule has 0 bridgehead atoms. The molecule has 0 radical (unpaired) electrons. The highest BCUT2D eigenvalue weighted by molar-refractivity contribution is 4.86. The number of rotatable bonds is 6. The van der Waals surface area contributed by atoms with Crippen LogP contribution in [0.3, 0.4) is 0 Å². The van der Waals surface area contributed by atoms with E-state index >= 15 is 0 Å². The molecule has 1 unspecified atom stereocenters. The van der Waals surface area contributed by atoms with Gasteiger partial charge in [-0.1, -0.05) is 0 Å². The molecule has 0 aliphatic carbocycles. The second-order valence-corrected chi connectivity index (χ2v) is 4.37. The first kappa shape index (κ1) is 12.9. The summed E-state index contributed by atoms with van der Waals surface area (Å²) in [6.07, 6.45) is 1.60. The summed E-state index contributed by atoms with van der Waals surface area (Å²) in [4.78, 5) is 0. The van der Waals surface area contributed by atoms with Crippen LogP contribution in [0.5, 0.6) is 0 Å². The van der Waals surface area contributed by atoms with Crippen LogP contribution in [0.4, 0.5) is 0 Å². The average Bonchev–Trinajstić information content (AvgIpc) is 2.25. The van der Waals surface area contributed by atoms with Gasteiger partial charge in [0.25, 0.3) is 0 Å². The molecule has 90 valence electrons. The number of β-amino-alcohol motifs (C(OH)–C–C–N with tert-alkyl or cyclic N) is 1. The number of aliphatic hydroxyl groups excluding tert-OH is 1. The first-order valence-electron chi connectivity index (χ1n) is 5.75. The Hall–Kier alpha value is -0.160. The van der Waals surface area contributed by atoms with Crippen molar-refractivity contribution < 1.29 is 14.6 Å². The molecule has 15 heavy (non-hydrogen) atoms. The van der Waals surface area contributed by atoms with Gasteiger partial charge in [-0.05, 0) is 26.7 Å². The molecule has 1 atom stereocenters. The molecule has 1 aliphatic rings. The van der Waals surface area contributed by atoms with Gasteiger partial charge in [0.2, 0.25) is 0 Å². The van der Waals surface area contributed by atoms with Crippen molar-refractivity contribution in [3.63, 3.8) is 0 Å². The lowest BCUT2D eigenvalue weighted by Gasteiger charge is -2.35. The fourth-order valence-electron chi connectivity index (χ4n) is 1.68. The van der Waals surface area contributed by atoms with E-state index in [4.69, 9.17) is 9.47 Å². The quantitative estimate of drug-likeness (QED) is 0.682. The van der Waals surface area contributed by atoms with Crippen LogP contribution in [0, 0.1) is 0 Å². The summed E-state index contributed by atoms with van der Waals surface area (Å²) in [5.74, 6) is 0. The van der Waals surface area contributed by atoms with Crippen molar-refractivity contribution in [1.29, 1.82) is 0 Å². The van der Waals surface area contributed by atoms with Gasteiger partial charge in [0.15, 0.2) is 0 Å². The second-order valence-electron chi connectivity index (χ2n) is 4.37. The molecule has 2 N–H and O–H groups in total. The first-order chi connectivity index (χ1) is 7.16. The summed E-state index contributed by atoms with van der Waals surface area (Å²) in [6, 6.07) is 0. The number of hydrogen-bond donors (Lipinski definition) is 2. The van der Waals surface area contributed by atoms with E-state index in [9.17, 15) is 5.11 Å². The lowest BCUT2D eigenvalue weighted by Crippen LogP contribution is -2.49. The van der Waals surface area contributed by atoms with Gasteiger partial charge < -0.3 is 19.9 Å². The molecular weight excluding hydrogens is 194 g/mol. The fraction of sp³-hybridized carbons (Fsp3) is 1.00. The topological polar surface area (TPSA) is 50.7 Å². The molecule has 0 aromatic carbocycles. The summed E-state index contributed by atoms with van der Waals surface area (Å²) in [6.45, 7) is 7.40. The van der Waals surface area contributed by atoms with Crippen LogP contribution in [-0.4, -0.2) is 49.7 Å². The summed E-state index contributed by atoms with van der Waals surface area (Å²) >= 11 is 0. The van der Waals surface area contributed by atoms with Crippen LogP contribution in [0.25, 0.3) is 0 Å². The maximum Gasteiger partial charge on any atom is 0.0897 e. The second kappa shape index (κ2) is 6.43. The Morgan fingerprint density at radius 2 is 2.13 bits per heavy atom. The maximum absolute atomic E-state index is 9.61. The zero-order valence-electron chi connectivity index (χ0n) is 9.79. The van der Waals surface area contributed by atoms with Crippen LogP contribution in [0.15, 0.2) is 0 Å². The molecule has 1 saturated heterocycles. The molecule has 4 heteroatoms. The standard InChI is InChI=1S/C11H23NO3/c1-3-14-9-10(13)8-12-11(2)4-6-15-7-5-11/h10,12-13H,3-9H2,1-2H3. The Balaban J connectivity index is 2.16. The maximum atomic E-state index is 9.61. The number of ether oxygens (including phenoxy) is 2. The normalized spacial score (nSPS) is 22.6. The van der Waals surface area contributed by atoms with Crippen molar-refractivity contribution in [2.45, 2.75) is 38.3 Å². The van der Waals surface area contributed by atoms with Crippen LogP contribution in [0.2, 0.25) is 0 Å². The fourth-order valence-corrected chi connectivity index (χ4v) is 1.68. The van der Waals surface area contributed by atoms with Crippen molar-refractivity contribution in [3.8, 4) is 0 Å². The van der Waals surface area contributed by atoms with Gasteiger partial charge in [0.05, 0.1) is 12.7 Å². The van der Waals surface area contributed by atoms with Crippen molar-refractivity contribution >= 4 is 0 Å². The Morgan fingerprint density at radius 1 is 1.47 bits per heavy atom. The molecule has 1 fully saturated rings. The third-order valence-electron chi connectivity index (χ3n) is 2.88. The number of aliphatic hydroxyl groups is 1. The minimum Gasteiger partial charge on any atom is -0.389 e. The van der Waals surface area contributed by atoms with E-state index in [2.05, 4.69) is 12.2 Å². The van der Waals surface area contributed by atoms with E-state index in [1.54, 1.807) is 0 Å². The van der Waals surface area contributed by atoms with Gasteiger partial charge in [-0.15, -0.1) is 0 Å². The van der Waals surface area contributed by atoms with Crippen LogP contribution in [0.1, 0.15) is 26.7 Å². The van der Waals surface area contributed by atoms with E-state index in [0.717, 1.165) is 26.1 Å². The zero-order chi connectivity index (χ0) is 11.1. The van der Waals surface area contributed by atoms with Gasteiger partial charge >= 0.3 is 0 Å². The van der Waals surface area contributed by atoms with E-state index in [-0.39, 0.29) is 5.54 Å². The number of hydrogen-bond acceptors (Lipinski definition) is 4. The van der Waals surface area contributed by atoms with E-state index in [1.165, 1.54) is 0 Å². The zero-order valence-corrected chi connectivity index (χ0v) is 9.79. The highest BCUT2D eigenvalue weighted by Gasteiger charge is 2.27. The molecule has 1 aliphatic heterocycles. The lowest BCUT2D eigenvalue weighted by molar-refractivity contribution is 0.0190. The van der Waals surface area contributed by atoms with E-state index in [1.807, 2.05) is 6.92 Å². The summed E-state index contributed by atoms with van der Waals surface area (Å²) in [7, 11) is 0. The molecule has 4 nitrogen and oxygen atoms in total. The van der Waals surface area contributed by atoms with E-state index in [0.29, 0.717) is 19.8 Å². The van der Waals surface area contributed by atoms with Gasteiger partial charge in [0.1, 0.15) is 0 Å². The van der Waals surface area contributed by atoms with Gasteiger partial charge in [0, 0.05) is 31.9 Å². The summed E-state index contributed by atoms with van der Waals surface area (Å²) < 4.78 is 10.5. The van der Waals surface area contributed by atoms with Crippen LogP contribution in [-0.2, 0) is 9.47 Å². The molecule has 0 aromatic rings. The Morgan fingerprint density at radius 3 is 2.73 bits per heavy atom. The molecular formula is C11H23NO3.